The second kappa shape index (κ2) is 4.39. The summed E-state index contributed by atoms with van der Waals surface area (Å²) in [5, 5.41) is 0.0675. The zero-order valence-corrected chi connectivity index (χ0v) is 10.0. The Balaban J connectivity index is 2.35. The van der Waals surface area contributed by atoms with Crippen LogP contribution in [0.1, 0.15) is 5.76 Å². The average molecular weight is 258 g/mol. The minimum absolute atomic E-state index is 0.0675. The second-order valence-corrected chi connectivity index (χ2v) is 4.74. The highest BCUT2D eigenvalue weighted by molar-refractivity contribution is 7.99. The van der Waals surface area contributed by atoms with Crippen molar-refractivity contribution < 1.29 is 8.81 Å². The Morgan fingerprint density at radius 3 is 2.75 bits per heavy atom. The van der Waals surface area contributed by atoms with Crippen LogP contribution in [-0.2, 0) is 0 Å². The van der Waals surface area contributed by atoms with Gasteiger partial charge in [0, 0.05) is 10.6 Å². The van der Waals surface area contributed by atoms with E-state index in [9.17, 15) is 4.39 Å². The van der Waals surface area contributed by atoms with Gasteiger partial charge in [0.25, 0.3) is 0 Å². The molecule has 0 saturated heterocycles. The number of rotatable bonds is 2. The van der Waals surface area contributed by atoms with Crippen LogP contribution in [0.2, 0.25) is 5.02 Å². The lowest BCUT2D eigenvalue weighted by Crippen LogP contribution is -1.90. The molecule has 0 saturated carbocycles. The number of benzene rings is 1. The first kappa shape index (κ1) is 11.4. The molecule has 0 amide bonds. The molecule has 0 spiro atoms. The monoisotopic (exact) mass is 257 g/mol. The van der Waals surface area contributed by atoms with Crippen molar-refractivity contribution in [1.82, 2.24) is 0 Å². The number of hydrogen-bond donors (Lipinski definition) is 1. The fraction of sp³-hybridized carbons (Fsp3) is 0.0909. The van der Waals surface area contributed by atoms with E-state index in [0.29, 0.717) is 5.69 Å². The third kappa shape index (κ3) is 2.18. The lowest BCUT2D eigenvalue weighted by atomic mass is 10.3. The van der Waals surface area contributed by atoms with Gasteiger partial charge in [-0.3, -0.25) is 0 Å². The van der Waals surface area contributed by atoms with Gasteiger partial charge in [-0.15, -0.1) is 0 Å². The zero-order chi connectivity index (χ0) is 11.7. The lowest BCUT2D eigenvalue weighted by molar-refractivity contribution is 0.527. The molecule has 2 nitrogen and oxygen atoms in total. The standard InChI is InChI=1S/C11H9ClFNOS/c1-6-10(2-3-15-6)16-11-4-7(12)8(13)5-9(11)14/h2-5H,14H2,1H3. The van der Waals surface area contributed by atoms with Gasteiger partial charge in [0.1, 0.15) is 11.6 Å². The minimum Gasteiger partial charge on any atom is -0.468 e. The van der Waals surface area contributed by atoms with Crippen molar-refractivity contribution in [2.45, 2.75) is 16.7 Å². The molecule has 2 rings (SSSR count). The molecule has 2 aromatic rings. The summed E-state index contributed by atoms with van der Waals surface area (Å²) in [7, 11) is 0. The summed E-state index contributed by atoms with van der Waals surface area (Å²) in [6, 6.07) is 4.57. The fourth-order valence-corrected chi connectivity index (χ4v) is 2.36. The van der Waals surface area contributed by atoms with Gasteiger partial charge in [-0.25, -0.2) is 4.39 Å². The molecule has 0 atom stereocenters. The van der Waals surface area contributed by atoms with Crippen molar-refractivity contribution in [3.8, 4) is 0 Å². The summed E-state index contributed by atoms with van der Waals surface area (Å²) in [5.74, 6) is 0.289. The molecule has 0 fully saturated rings. The summed E-state index contributed by atoms with van der Waals surface area (Å²) in [4.78, 5) is 1.66. The maximum absolute atomic E-state index is 13.1. The van der Waals surface area contributed by atoms with E-state index in [1.54, 1.807) is 6.26 Å². The Labute approximate surface area is 102 Å². The Hall–Kier alpha value is -1.13. The maximum atomic E-state index is 13.1. The predicted molar refractivity (Wildman–Crippen MR) is 63.4 cm³/mol. The molecule has 2 N–H and O–H groups in total. The molecule has 0 aliphatic heterocycles. The van der Waals surface area contributed by atoms with Gasteiger partial charge in [-0.2, -0.15) is 0 Å². The SMILES string of the molecule is Cc1occc1Sc1cc(Cl)c(F)cc1N. The van der Waals surface area contributed by atoms with Crippen LogP contribution in [-0.4, -0.2) is 0 Å². The van der Waals surface area contributed by atoms with Crippen molar-refractivity contribution in [1.29, 1.82) is 0 Å². The number of furan rings is 1. The summed E-state index contributed by atoms with van der Waals surface area (Å²) in [5.41, 5.74) is 6.07. The molecule has 0 unspecified atom stereocenters. The Kier molecular flexibility index (Phi) is 3.12. The summed E-state index contributed by atoms with van der Waals surface area (Å²) < 4.78 is 18.2. The van der Waals surface area contributed by atoms with Crippen LogP contribution in [0.5, 0.6) is 0 Å². The molecule has 0 bridgehead atoms. The van der Waals surface area contributed by atoms with E-state index >= 15 is 0 Å². The van der Waals surface area contributed by atoms with E-state index in [-0.39, 0.29) is 5.02 Å². The number of nitrogen functional groups attached to an aromatic ring is 1. The van der Waals surface area contributed by atoms with E-state index in [2.05, 4.69) is 0 Å². The van der Waals surface area contributed by atoms with Gasteiger partial charge < -0.3 is 10.2 Å². The van der Waals surface area contributed by atoms with Gasteiger partial charge >= 0.3 is 0 Å². The first-order chi connectivity index (χ1) is 7.58. The normalized spacial score (nSPS) is 10.7. The maximum Gasteiger partial charge on any atom is 0.143 e. The first-order valence-electron chi connectivity index (χ1n) is 4.54. The summed E-state index contributed by atoms with van der Waals surface area (Å²) in [6.45, 7) is 1.85. The molecule has 1 aromatic carbocycles. The highest BCUT2D eigenvalue weighted by Crippen LogP contribution is 2.36. The molecule has 1 heterocycles. The van der Waals surface area contributed by atoms with Crippen molar-refractivity contribution in [3.63, 3.8) is 0 Å². The van der Waals surface area contributed by atoms with Crippen LogP contribution in [0.15, 0.2) is 38.7 Å². The molecule has 0 radical (unpaired) electrons. The third-order valence-corrected chi connectivity index (χ3v) is 3.59. The van der Waals surface area contributed by atoms with Crippen LogP contribution < -0.4 is 5.73 Å². The predicted octanol–water partition coefficient (Wildman–Crippen LogP) is 4.11. The molecule has 16 heavy (non-hydrogen) atoms. The highest BCUT2D eigenvalue weighted by atomic mass is 35.5. The number of hydrogen-bond acceptors (Lipinski definition) is 3. The molecule has 0 aliphatic carbocycles. The van der Waals surface area contributed by atoms with Crippen LogP contribution in [0.4, 0.5) is 10.1 Å². The van der Waals surface area contributed by atoms with Crippen LogP contribution in [0, 0.1) is 12.7 Å². The number of anilines is 1. The van der Waals surface area contributed by atoms with Gasteiger partial charge in [-0.05, 0) is 25.1 Å². The van der Waals surface area contributed by atoms with Crippen molar-refractivity contribution in [3.05, 3.63) is 41.1 Å². The van der Waals surface area contributed by atoms with Gasteiger partial charge in [0.2, 0.25) is 0 Å². The third-order valence-electron chi connectivity index (χ3n) is 2.08. The quantitative estimate of drug-likeness (QED) is 0.823. The largest absolute Gasteiger partial charge is 0.468 e. The van der Waals surface area contributed by atoms with Crippen LogP contribution in [0.25, 0.3) is 0 Å². The average Bonchev–Trinajstić information content (AvgIpc) is 2.61. The van der Waals surface area contributed by atoms with Gasteiger partial charge in [0.05, 0.1) is 16.2 Å². The van der Waals surface area contributed by atoms with Crippen molar-refractivity contribution >= 4 is 29.1 Å². The number of aryl methyl sites for hydroxylation is 1. The van der Waals surface area contributed by atoms with Gasteiger partial charge in [0.15, 0.2) is 0 Å². The Bertz CT molecular complexity index is 527. The highest BCUT2D eigenvalue weighted by Gasteiger charge is 2.10. The van der Waals surface area contributed by atoms with E-state index in [1.165, 1.54) is 23.9 Å². The number of halogens is 2. The smallest absolute Gasteiger partial charge is 0.143 e. The lowest BCUT2D eigenvalue weighted by Gasteiger charge is -2.05. The van der Waals surface area contributed by atoms with E-state index in [1.807, 2.05) is 13.0 Å². The van der Waals surface area contributed by atoms with E-state index < -0.39 is 5.82 Å². The fourth-order valence-electron chi connectivity index (χ4n) is 1.23. The van der Waals surface area contributed by atoms with Crippen molar-refractivity contribution in [2.24, 2.45) is 0 Å². The summed E-state index contributed by atoms with van der Waals surface area (Å²) in [6.07, 6.45) is 1.60. The van der Waals surface area contributed by atoms with Crippen LogP contribution >= 0.6 is 23.4 Å². The van der Waals surface area contributed by atoms with E-state index in [4.69, 9.17) is 21.8 Å². The molecule has 1 aromatic heterocycles. The Morgan fingerprint density at radius 2 is 2.12 bits per heavy atom. The molecular formula is C11H9ClFNOS. The molecular weight excluding hydrogens is 249 g/mol. The number of nitrogens with two attached hydrogens (primary N) is 1. The second-order valence-electron chi connectivity index (χ2n) is 3.25. The Morgan fingerprint density at radius 1 is 1.38 bits per heavy atom. The van der Waals surface area contributed by atoms with E-state index in [0.717, 1.165) is 15.6 Å². The molecule has 5 heteroatoms. The van der Waals surface area contributed by atoms with Gasteiger partial charge in [-0.1, -0.05) is 23.4 Å². The van der Waals surface area contributed by atoms with Crippen LogP contribution in [0.3, 0.4) is 0 Å². The molecule has 0 aliphatic rings. The van der Waals surface area contributed by atoms with Crippen molar-refractivity contribution in [2.75, 3.05) is 5.73 Å². The zero-order valence-electron chi connectivity index (χ0n) is 8.46. The summed E-state index contributed by atoms with van der Waals surface area (Å²) >= 11 is 7.10. The first-order valence-corrected chi connectivity index (χ1v) is 5.74. The minimum atomic E-state index is -0.507. The topological polar surface area (TPSA) is 39.2 Å². The molecule has 84 valence electrons.